The summed E-state index contributed by atoms with van der Waals surface area (Å²) in [6, 6.07) is 17.7. The van der Waals surface area contributed by atoms with Crippen molar-refractivity contribution in [3.63, 3.8) is 0 Å². The van der Waals surface area contributed by atoms with Gasteiger partial charge >= 0.3 is 0 Å². The van der Waals surface area contributed by atoms with Gasteiger partial charge in [0.15, 0.2) is 0 Å². The summed E-state index contributed by atoms with van der Waals surface area (Å²) in [4.78, 5) is 25.1. The largest absolute Gasteiger partial charge is 0.308 e. The molecule has 0 N–H and O–H groups in total. The lowest BCUT2D eigenvalue weighted by atomic mass is 9.97. The van der Waals surface area contributed by atoms with E-state index in [2.05, 4.69) is 15.9 Å². The summed E-state index contributed by atoms with van der Waals surface area (Å²) in [7, 11) is 0. The van der Waals surface area contributed by atoms with Crippen LogP contribution in [0.3, 0.4) is 0 Å². The number of halogens is 9. The molecule has 268 valence electrons. The van der Waals surface area contributed by atoms with Crippen LogP contribution in [0.15, 0.2) is 99.0 Å². The lowest BCUT2D eigenvalue weighted by molar-refractivity contribution is 0.583. The van der Waals surface area contributed by atoms with Gasteiger partial charge in [0.05, 0.1) is 25.9 Å². The zero-order valence-corrected chi connectivity index (χ0v) is 30.7. The molecule has 0 amide bonds. The van der Waals surface area contributed by atoms with Crippen LogP contribution in [0.5, 0.6) is 0 Å². The minimum Gasteiger partial charge on any atom is -0.308 e. The van der Waals surface area contributed by atoms with Crippen molar-refractivity contribution >= 4 is 39.1 Å². The van der Waals surface area contributed by atoms with Gasteiger partial charge < -0.3 is 9.13 Å². The zero-order chi connectivity index (χ0) is 38.0. The van der Waals surface area contributed by atoms with Gasteiger partial charge in [-0.05, 0) is 121 Å². The number of pyridine rings is 2. The van der Waals surface area contributed by atoms with Gasteiger partial charge in [-0.25, -0.2) is 26.3 Å². The number of aryl methyl sites for hydroxylation is 1. The lowest BCUT2D eigenvalue weighted by Crippen LogP contribution is -2.23. The van der Waals surface area contributed by atoms with Crippen LogP contribution in [0.2, 0.25) is 10.0 Å². The lowest BCUT2D eigenvalue weighted by Gasteiger charge is -2.19. The van der Waals surface area contributed by atoms with Crippen LogP contribution in [-0.2, 0) is 13.1 Å². The SMILES string of the molecule is CCn1c(-c2ccc(F)cc2)c(-c2cc(F)cc(F)c2Cl)cc(Br)c1=O.CCn1c(-c2ccc(F)cc2)c(-c2cc(F)cc(F)c2Cl)cc(C)c1=O. The molecular weight excluding hydrogens is 793 g/mol. The van der Waals surface area contributed by atoms with E-state index < -0.39 is 34.9 Å². The van der Waals surface area contributed by atoms with Gasteiger partial charge in [0, 0.05) is 53.0 Å². The number of rotatable bonds is 6. The highest BCUT2D eigenvalue weighted by Gasteiger charge is 2.22. The molecule has 0 radical (unpaired) electrons. The maximum atomic E-state index is 14.0. The monoisotopic (exact) mass is 818 g/mol. The van der Waals surface area contributed by atoms with E-state index in [1.54, 1.807) is 26.8 Å². The summed E-state index contributed by atoms with van der Waals surface area (Å²) in [5, 5.41) is -0.501. The van der Waals surface area contributed by atoms with Gasteiger partial charge in [-0.1, -0.05) is 23.2 Å². The Labute approximate surface area is 312 Å². The molecule has 0 aliphatic rings. The molecule has 0 saturated carbocycles. The number of hydrogen-bond acceptors (Lipinski definition) is 2. The Hall–Kier alpha value is -4.58. The smallest absolute Gasteiger partial charge is 0.265 e. The molecule has 0 bridgehead atoms. The molecule has 2 aromatic heterocycles. The van der Waals surface area contributed by atoms with Crippen LogP contribution >= 0.6 is 39.1 Å². The Bertz CT molecular complexity index is 2260. The minimum atomic E-state index is -0.905. The molecule has 0 saturated heterocycles. The van der Waals surface area contributed by atoms with Crippen molar-refractivity contribution in [2.45, 2.75) is 33.9 Å². The molecule has 52 heavy (non-hydrogen) atoms. The first-order chi connectivity index (χ1) is 24.7. The second-order valence-electron chi connectivity index (χ2n) is 11.5. The summed E-state index contributed by atoms with van der Waals surface area (Å²) in [5.41, 5.74) is 2.74. The highest BCUT2D eigenvalue weighted by Crippen LogP contribution is 2.39. The quantitative estimate of drug-likeness (QED) is 0.124. The molecule has 2 heterocycles. The van der Waals surface area contributed by atoms with Crippen LogP contribution in [0, 0.1) is 41.8 Å². The van der Waals surface area contributed by atoms with Gasteiger partial charge in [-0.15, -0.1) is 0 Å². The fourth-order valence-corrected chi connectivity index (χ4v) is 6.66. The van der Waals surface area contributed by atoms with E-state index in [-0.39, 0.29) is 36.8 Å². The van der Waals surface area contributed by atoms with Gasteiger partial charge in [-0.2, -0.15) is 0 Å². The van der Waals surface area contributed by atoms with Crippen LogP contribution in [0.1, 0.15) is 19.4 Å². The topological polar surface area (TPSA) is 44.0 Å². The highest BCUT2D eigenvalue weighted by molar-refractivity contribution is 9.10. The molecule has 0 fully saturated rings. The van der Waals surface area contributed by atoms with E-state index >= 15 is 0 Å². The van der Waals surface area contributed by atoms with Crippen molar-refractivity contribution in [3.05, 3.63) is 161 Å². The summed E-state index contributed by atoms with van der Waals surface area (Å²) in [5.74, 6) is -4.23. The van der Waals surface area contributed by atoms with Crippen LogP contribution in [0.4, 0.5) is 26.3 Å². The number of aromatic nitrogens is 2. The number of benzene rings is 4. The normalized spacial score (nSPS) is 11.0. The van der Waals surface area contributed by atoms with Crippen LogP contribution in [0.25, 0.3) is 44.8 Å². The van der Waals surface area contributed by atoms with Crippen molar-refractivity contribution < 1.29 is 26.3 Å². The van der Waals surface area contributed by atoms with E-state index in [1.807, 2.05) is 0 Å². The molecule has 0 aliphatic heterocycles. The fourth-order valence-electron chi connectivity index (χ4n) is 5.80. The van der Waals surface area contributed by atoms with Crippen molar-refractivity contribution in [1.82, 2.24) is 9.13 Å². The molecule has 13 heteroatoms. The van der Waals surface area contributed by atoms with Crippen molar-refractivity contribution in [1.29, 1.82) is 0 Å². The van der Waals surface area contributed by atoms with Crippen molar-refractivity contribution in [2.24, 2.45) is 0 Å². The van der Waals surface area contributed by atoms with E-state index in [1.165, 1.54) is 63.7 Å². The third-order valence-electron chi connectivity index (χ3n) is 8.15. The predicted molar refractivity (Wildman–Crippen MR) is 197 cm³/mol. The molecule has 6 rings (SSSR count). The molecule has 0 aliphatic carbocycles. The molecular formula is C39H27BrCl2F6N2O2. The molecule has 0 atom stereocenters. The maximum absolute atomic E-state index is 14.0. The Balaban J connectivity index is 0.000000201. The van der Waals surface area contributed by atoms with Gasteiger partial charge in [0.2, 0.25) is 0 Å². The molecule has 0 spiro atoms. The Morgan fingerprint density at radius 3 is 1.33 bits per heavy atom. The molecule has 0 unspecified atom stereocenters. The molecule has 4 aromatic carbocycles. The average Bonchev–Trinajstić information content (AvgIpc) is 3.11. The van der Waals surface area contributed by atoms with E-state index in [9.17, 15) is 35.9 Å². The Morgan fingerprint density at radius 1 is 0.538 bits per heavy atom. The third-order valence-corrected chi connectivity index (χ3v) is 9.48. The second-order valence-corrected chi connectivity index (χ2v) is 13.1. The standard InChI is InChI=1S/C20H15ClF3NO.C19H12BrClF3NO/c1-3-25-19(12-4-6-13(22)7-5-12)16(8-11(2)20(25)26)15-9-14(23)10-17(24)18(15)21;1-2-25-18(10-3-5-11(22)6-4-10)14(9-15(20)19(25)26)13-7-12(23)8-16(24)17(13)21/h4-10H,3H2,1-2H3;3-9H,2H2,1H3. The summed E-state index contributed by atoms with van der Waals surface area (Å²) in [6.45, 7) is 5.79. The zero-order valence-electron chi connectivity index (χ0n) is 27.6. The van der Waals surface area contributed by atoms with E-state index in [4.69, 9.17) is 23.2 Å². The van der Waals surface area contributed by atoms with E-state index in [0.717, 1.165) is 12.1 Å². The van der Waals surface area contributed by atoms with E-state index in [0.29, 0.717) is 64.4 Å². The van der Waals surface area contributed by atoms with Crippen molar-refractivity contribution in [2.75, 3.05) is 0 Å². The second kappa shape index (κ2) is 16.0. The number of nitrogens with zero attached hydrogens (tertiary/aromatic N) is 2. The Kier molecular flexibility index (Phi) is 11.9. The summed E-state index contributed by atoms with van der Waals surface area (Å²) in [6.07, 6.45) is 0. The fraction of sp³-hybridized carbons (Fsp3) is 0.128. The van der Waals surface area contributed by atoms with Gasteiger partial charge in [0.1, 0.15) is 34.9 Å². The Morgan fingerprint density at radius 2 is 0.923 bits per heavy atom. The summed E-state index contributed by atoms with van der Waals surface area (Å²) < 4.78 is 85.4. The van der Waals surface area contributed by atoms with Gasteiger partial charge in [-0.3, -0.25) is 9.59 Å². The third kappa shape index (κ3) is 7.77. The first-order valence-electron chi connectivity index (χ1n) is 15.7. The average molecular weight is 820 g/mol. The molecule has 6 aromatic rings. The van der Waals surface area contributed by atoms with Gasteiger partial charge in [0.25, 0.3) is 11.1 Å². The minimum absolute atomic E-state index is 0.103. The van der Waals surface area contributed by atoms with Crippen LogP contribution in [-0.4, -0.2) is 9.13 Å². The predicted octanol–water partition coefficient (Wildman–Crippen LogP) is 11.6. The van der Waals surface area contributed by atoms with Crippen molar-refractivity contribution in [3.8, 4) is 44.8 Å². The van der Waals surface area contributed by atoms with Crippen LogP contribution < -0.4 is 11.1 Å². The maximum Gasteiger partial charge on any atom is 0.265 e. The first kappa shape index (κ1) is 38.6. The highest BCUT2D eigenvalue weighted by atomic mass is 79.9. The molecule has 4 nitrogen and oxygen atoms in total. The number of hydrogen-bond donors (Lipinski definition) is 0. The summed E-state index contributed by atoms with van der Waals surface area (Å²) >= 11 is 15.3. The first-order valence-corrected chi connectivity index (χ1v) is 17.2.